The van der Waals surface area contributed by atoms with Gasteiger partial charge < -0.3 is 4.84 Å². The first-order valence-electron chi connectivity index (χ1n) is 9.35. The molecule has 2 aliphatic heterocycles. The van der Waals surface area contributed by atoms with Gasteiger partial charge in [0.15, 0.2) is 11.6 Å². The second-order valence-electron chi connectivity index (χ2n) is 7.11. The molecule has 0 saturated carbocycles. The zero-order chi connectivity index (χ0) is 22.3. The number of nitrogens with zero attached hydrogens (tertiary/aromatic N) is 2. The summed E-state index contributed by atoms with van der Waals surface area (Å²) in [5, 5.41) is 0.414. The number of rotatable bonds is 4. The Balaban J connectivity index is 1.40. The number of benzene rings is 2. The smallest absolute Gasteiger partial charge is 0.329 e. The Morgan fingerprint density at radius 2 is 1.52 bits per heavy atom. The average molecular weight is 450 g/mol. The third kappa shape index (κ3) is 3.70. The van der Waals surface area contributed by atoms with Gasteiger partial charge in [0.1, 0.15) is 0 Å². The molecule has 31 heavy (non-hydrogen) atoms. The number of amides is 2. The first-order valence-corrected chi connectivity index (χ1v) is 10.8. The second kappa shape index (κ2) is 7.82. The van der Waals surface area contributed by atoms with Crippen LogP contribution in [0.2, 0.25) is 0 Å². The normalized spacial score (nSPS) is 17.7. The summed E-state index contributed by atoms with van der Waals surface area (Å²) in [5.74, 6) is -5.48. The number of carbonyl (C=O) groups excluding carboxylic acids is 3. The Morgan fingerprint density at radius 3 is 2.06 bits per heavy atom. The van der Waals surface area contributed by atoms with Crippen molar-refractivity contribution in [3.8, 4) is 0 Å². The van der Waals surface area contributed by atoms with Crippen LogP contribution in [0.5, 0.6) is 0 Å². The minimum atomic E-state index is -4.07. The number of fused-ring (bicyclic) bond motifs is 1. The van der Waals surface area contributed by atoms with Gasteiger partial charge in [-0.15, -0.1) is 0 Å². The van der Waals surface area contributed by atoms with Crippen molar-refractivity contribution < 1.29 is 36.4 Å². The minimum absolute atomic E-state index is 0.0663. The zero-order valence-corrected chi connectivity index (χ0v) is 16.8. The fourth-order valence-electron chi connectivity index (χ4n) is 3.53. The van der Waals surface area contributed by atoms with Crippen LogP contribution >= 0.6 is 0 Å². The molecule has 1 fully saturated rings. The van der Waals surface area contributed by atoms with Crippen molar-refractivity contribution in [2.75, 3.05) is 13.1 Å². The van der Waals surface area contributed by atoms with Crippen LogP contribution in [-0.4, -0.2) is 48.7 Å². The predicted octanol–water partition coefficient (Wildman–Crippen LogP) is 2.12. The summed E-state index contributed by atoms with van der Waals surface area (Å²) < 4.78 is 52.9. The average Bonchev–Trinajstić information content (AvgIpc) is 3.00. The van der Waals surface area contributed by atoms with Gasteiger partial charge in [-0.25, -0.2) is 22.0 Å². The molecule has 2 aliphatic rings. The van der Waals surface area contributed by atoms with E-state index in [2.05, 4.69) is 0 Å². The van der Waals surface area contributed by atoms with Gasteiger partial charge in [-0.05, 0) is 43.2 Å². The summed E-state index contributed by atoms with van der Waals surface area (Å²) >= 11 is 0. The minimum Gasteiger partial charge on any atom is -0.329 e. The van der Waals surface area contributed by atoms with Gasteiger partial charge in [-0.2, -0.15) is 4.31 Å². The highest BCUT2D eigenvalue weighted by atomic mass is 32.2. The molecule has 0 spiro atoms. The van der Waals surface area contributed by atoms with E-state index in [4.69, 9.17) is 4.84 Å². The SMILES string of the molecule is O=C(ON1C(=O)c2ccccc2C1=O)C1CCN(S(=O)(=O)c2ccc(F)c(F)c2)CC1. The van der Waals surface area contributed by atoms with Crippen LogP contribution in [0.3, 0.4) is 0 Å². The molecule has 0 atom stereocenters. The van der Waals surface area contributed by atoms with E-state index in [-0.39, 0.29) is 37.1 Å². The van der Waals surface area contributed by atoms with Crippen molar-refractivity contribution in [1.29, 1.82) is 0 Å². The van der Waals surface area contributed by atoms with Crippen LogP contribution in [0.15, 0.2) is 47.4 Å². The monoisotopic (exact) mass is 450 g/mol. The van der Waals surface area contributed by atoms with Crippen molar-refractivity contribution in [3.63, 3.8) is 0 Å². The molecule has 0 aliphatic carbocycles. The number of hydrogen-bond acceptors (Lipinski definition) is 6. The van der Waals surface area contributed by atoms with E-state index < -0.39 is 50.3 Å². The Morgan fingerprint density at radius 1 is 0.935 bits per heavy atom. The molecule has 2 aromatic rings. The molecule has 0 bridgehead atoms. The van der Waals surface area contributed by atoms with Crippen LogP contribution in [0.4, 0.5) is 8.78 Å². The lowest BCUT2D eigenvalue weighted by atomic mass is 9.99. The van der Waals surface area contributed by atoms with Crippen molar-refractivity contribution in [2.24, 2.45) is 5.92 Å². The van der Waals surface area contributed by atoms with Crippen LogP contribution in [0.25, 0.3) is 0 Å². The number of hydrogen-bond donors (Lipinski definition) is 0. The first kappa shape index (κ1) is 21.1. The molecule has 0 radical (unpaired) electrons. The molecule has 2 heterocycles. The molecule has 0 aromatic heterocycles. The highest BCUT2D eigenvalue weighted by molar-refractivity contribution is 7.89. The third-order valence-electron chi connectivity index (χ3n) is 5.25. The number of piperidine rings is 1. The summed E-state index contributed by atoms with van der Waals surface area (Å²) in [7, 11) is -4.07. The van der Waals surface area contributed by atoms with E-state index in [9.17, 15) is 31.6 Å². The second-order valence-corrected chi connectivity index (χ2v) is 9.05. The van der Waals surface area contributed by atoms with Crippen LogP contribution in [0.1, 0.15) is 33.6 Å². The van der Waals surface area contributed by atoms with Gasteiger partial charge in [0.05, 0.1) is 21.9 Å². The number of halogens is 2. The largest absolute Gasteiger partial charge is 0.336 e. The molecule has 162 valence electrons. The van der Waals surface area contributed by atoms with Gasteiger partial charge in [0, 0.05) is 13.1 Å². The zero-order valence-electron chi connectivity index (χ0n) is 16.0. The molecular weight excluding hydrogens is 434 g/mol. The summed E-state index contributed by atoms with van der Waals surface area (Å²) in [4.78, 5) is 41.7. The Kier molecular flexibility index (Phi) is 5.31. The summed E-state index contributed by atoms with van der Waals surface area (Å²) in [6.45, 7) is -0.133. The van der Waals surface area contributed by atoms with E-state index in [1.54, 1.807) is 12.1 Å². The van der Waals surface area contributed by atoms with E-state index in [1.807, 2.05) is 0 Å². The van der Waals surface area contributed by atoms with Gasteiger partial charge in [-0.1, -0.05) is 17.2 Å². The lowest BCUT2D eigenvalue weighted by Crippen LogP contribution is -2.42. The Bertz CT molecular complexity index is 1160. The molecule has 8 nitrogen and oxygen atoms in total. The number of imide groups is 1. The molecule has 4 rings (SSSR count). The summed E-state index contributed by atoms with van der Waals surface area (Å²) in [5.41, 5.74) is 0.264. The standard InChI is InChI=1S/C20H16F2N2O6S/c21-16-6-5-13(11-17(16)22)31(28,29)23-9-7-12(8-10-23)20(27)30-24-18(25)14-3-1-2-4-15(14)19(24)26/h1-6,11-12H,7-10H2. The number of hydroxylamine groups is 2. The van der Waals surface area contributed by atoms with Crippen LogP contribution in [-0.2, 0) is 19.7 Å². The van der Waals surface area contributed by atoms with Crippen molar-refractivity contribution >= 4 is 27.8 Å². The highest BCUT2D eigenvalue weighted by Crippen LogP contribution is 2.28. The highest BCUT2D eigenvalue weighted by Gasteiger charge is 2.41. The third-order valence-corrected chi connectivity index (χ3v) is 7.15. The molecule has 2 aromatic carbocycles. The molecule has 1 saturated heterocycles. The first-order chi connectivity index (χ1) is 14.7. The fourth-order valence-corrected chi connectivity index (χ4v) is 5.01. The van der Waals surface area contributed by atoms with E-state index >= 15 is 0 Å². The van der Waals surface area contributed by atoms with E-state index in [0.29, 0.717) is 11.1 Å². The quantitative estimate of drug-likeness (QED) is 0.662. The fraction of sp³-hybridized carbons (Fsp3) is 0.250. The molecule has 0 unspecified atom stereocenters. The summed E-state index contributed by atoms with van der Waals surface area (Å²) in [6, 6.07) is 8.37. The van der Waals surface area contributed by atoms with Crippen LogP contribution in [0, 0.1) is 17.6 Å². The van der Waals surface area contributed by atoms with Crippen molar-refractivity contribution in [3.05, 3.63) is 65.2 Å². The lowest BCUT2D eigenvalue weighted by molar-refractivity contribution is -0.175. The maximum absolute atomic E-state index is 13.4. The predicted molar refractivity (Wildman–Crippen MR) is 101 cm³/mol. The number of carbonyl (C=O) groups is 3. The topological polar surface area (TPSA) is 101 Å². The van der Waals surface area contributed by atoms with E-state index in [0.717, 1.165) is 16.4 Å². The molecule has 0 N–H and O–H groups in total. The van der Waals surface area contributed by atoms with Crippen LogP contribution < -0.4 is 0 Å². The maximum atomic E-state index is 13.4. The molecule has 2 amide bonds. The van der Waals surface area contributed by atoms with Gasteiger partial charge in [0.2, 0.25) is 10.0 Å². The maximum Gasteiger partial charge on any atom is 0.336 e. The Labute approximate surface area is 176 Å². The number of sulfonamides is 1. The summed E-state index contributed by atoms with van der Waals surface area (Å²) in [6.07, 6.45) is 0.149. The Hall–Kier alpha value is -3.18. The van der Waals surface area contributed by atoms with Gasteiger partial charge >= 0.3 is 5.97 Å². The molecule has 11 heteroatoms. The van der Waals surface area contributed by atoms with Crippen molar-refractivity contribution in [1.82, 2.24) is 9.37 Å². The molecular formula is C20H16F2N2O6S. The van der Waals surface area contributed by atoms with Crippen molar-refractivity contribution in [2.45, 2.75) is 17.7 Å². The van der Waals surface area contributed by atoms with E-state index in [1.165, 1.54) is 12.1 Å². The van der Waals surface area contributed by atoms with Gasteiger partial charge in [0.25, 0.3) is 11.8 Å². The lowest BCUT2D eigenvalue weighted by Gasteiger charge is -2.30. The van der Waals surface area contributed by atoms with Gasteiger partial charge in [-0.3, -0.25) is 9.59 Å².